The summed E-state index contributed by atoms with van der Waals surface area (Å²) >= 11 is 0. The predicted octanol–water partition coefficient (Wildman–Crippen LogP) is 2.53. The highest BCUT2D eigenvalue weighted by atomic mass is 16.5. The minimum atomic E-state index is 0.0332. The number of nitriles is 1. The molecular formula is C19H19N3O2. The van der Waals surface area contributed by atoms with Crippen molar-refractivity contribution in [3.8, 4) is 11.8 Å². The number of methoxy groups -OCH3 is 1. The van der Waals surface area contributed by atoms with E-state index in [1.165, 1.54) is 0 Å². The summed E-state index contributed by atoms with van der Waals surface area (Å²) in [5, 5.41) is 9.23. The number of ether oxygens (including phenoxy) is 1. The van der Waals surface area contributed by atoms with Crippen molar-refractivity contribution in [2.45, 2.75) is 0 Å². The van der Waals surface area contributed by atoms with Gasteiger partial charge in [-0.1, -0.05) is 12.1 Å². The SMILES string of the molecule is COc1ccc(C(=O)N2CCN(c3ccccc3C#N)CC2)cc1. The first kappa shape index (κ1) is 15.9. The average Bonchev–Trinajstić information content (AvgIpc) is 2.67. The van der Waals surface area contributed by atoms with Gasteiger partial charge in [0.15, 0.2) is 0 Å². The summed E-state index contributed by atoms with van der Waals surface area (Å²) < 4.78 is 5.12. The van der Waals surface area contributed by atoms with E-state index in [-0.39, 0.29) is 5.91 Å². The molecule has 0 N–H and O–H groups in total. The van der Waals surface area contributed by atoms with E-state index in [0.29, 0.717) is 24.2 Å². The van der Waals surface area contributed by atoms with Gasteiger partial charge in [-0.25, -0.2) is 0 Å². The van der Waals surface area contributed by atoms with Gasteiger partial charge in [0.25, 0.3) is 5.91 Å². The molecule has 0 spiro atoms. The Bertz CT molecular complexity index is 757. The zero-order chi connectivity index (χ0) is 16.9. The monoisotopic (exact) mass is 321 g/mol. The van der Waals surface area contributed by atoms with Crippen molar-refractivity contribution in [1.29, 1.82) is 5.26 Å². The molecule has 0 saturated carbocycles. The third kappa shape index (κ3) is 3.18. The molecule has 2 aromatic carbocycles. The second kappa shape index (κ2) is 7.05. The second-order valence-corrected chi connectivity index (χ2v) is 5.64. The van der Waals surface area contributed by atoms with Crippen molar-refractivity contribution in [3.63, 3.8) is 0 Å². The van der Waals surface area contributed by atoms with Crippen LogP contribution in [0.25, 0.3) is 0 Å². The summed E-state index contributed by atoms with van der Waals surface area (Å²) in [6.45, 7) is 2.73. The minimum absolute atomic E-state index is 0.0332. The zero-order valence-electron chi connectivity index (χ0n) is 13.6. The van der Waals surface area contributed by atoms with Gasteiger partial charge in [0, 0.05) is 31.7 Å². The Morgan fingerprint density at radius 3 is 2.33 bits per heavy atom. The average molecular weight is 321 g/mol. The highest BCUT2D eigenvalue weighted by Gasteiger charge is 2.23. The smallest absolute Gasteiger partial charge is 0.253 e. The number of carbonyl (C=O) groups excluding carboxylic acids is 1. The molecule has 1 saturated heterocycles. The van der Waals surface area contributed by atoms with Crippen molar-refractivity contribution in [2.75, 3.05) is 38.2 Å². The summed E-state index contributed by atoms with van der Waals surface area (Å²) in [6.07, 6.45) is 0. The third-order valence-corrected chi connectivity index (χ3v) is 4.27. The maximum Gasteiger partial charge on any atom is 0.253 e. The molecule has 0 bridgehead atoms. The summed E-state index contributed by atoms with van der Waals surface area (Å²) in [7, 11) is 1.61. The van der Waals surface area contributed by atoms with Crippen LogP contribution >= 0.6 is 0 Å². The summed E-state index contributed by atoms with van der Waals surface area (Å²) in [6, 6.07) is 17.0. The number of carbonyl (C=O) groups is 1. The number of piperazine rings is 1. The molecule has 122 valence electrons. The molecule has 2 aromatic rings. The maximum atomic E-state index is 12.6. The Hall–Kier alpha value is -3.00. The van der Waals surface area contributed by atoms with E-state index in [9.17, 15) is 10.1 Å². The fourth-order valence-corrected chi connectivity index (χ4v) is 2.91. The van der Waals surface area contributed by atoms with Crippen LogP contribution in [-0.2, 0) is 0 Å². The molecule has 0 radical (unpaired) electrons. The van der Waals surface area contributed by atoms with Gasteiger partial charge in [-0.05, 0) is 36.4 Å². The molecule has 1 aliphatic heterocycles. The van der Waals surface area contributed by atoms with E-state index >= 15 is 0 Å². The van der Waals surface area contributed by atoms with Crippen molar-refractivity contribution >= 4 is 11.6 Å². The van der Waals surface area contributed by atoms with Crippen LogP contribution in [0.1, 0.15) is 15.9 Å². The van der Waals surface area contributed by atoms with Gasteiger partial charge < -0.3 is 14.5 Å². The lowest BCUT2D eigenvalue weighted by atomic mass is 10.1. The highest BCUT2D eigenvalue weighted by molar-refractivity contribution is 5.94. The van der Waals surface area contributed by atoms with Crippen LogP contribution in [0.5, 0.6) is 5.75 Å². The molecule has 24 heavy (non-hydrogen) atoms. The van der Waals surface area contributed by atoms with Crippen LogP contribution < -0.4 is 9.64 Å². The van der Waals surface area contributed by atoms with Gasteiger partial charge in [0.05, 0.1) is 18.4 Å². The van der Waals surface area contributed by atoms with Gasteiger partial charge in [-0.3, -0.25) is 4.79 Å². The Balaban J connectivity index is 1.66. The number of nitrogens with zero attached hydrogens (tertiary/aromatic N) is 3. The Morgan fingerprint density at radius 2 is 1.71 bits per heavy atom. The van der Waals surface area contributed by atoms with Crippen molar-refractivity contribution in [2.24, 2.45) is 0 Å². The number of rotatable bonds is 3. The first-order valence-electron chi connectivity index (χ1n) is 7.90. The number of hydrogen-bond donors (Lipinski definition) is 0. The second-order valence-electron chi connectivity index (χ2n) is 5.64. The van der Waals surface area contributed by atoms with E-state index in [1.807, 2.05) is 29.2 Å². The van der Waals surface area contributed by atoms with E-state index in [2.05, 4.69) is 11.0 Å². The molecule has 0 aliphatic carbocycles. The predicted molar refractivity (Wildman–Crippen MR) is 92.3 cm³/mol. The number of benzene rings is 2. The first-order valence-corrected chi connectivity index (χ1v) is 7.90. The molecule has 1 heterocycles. The molecule has 1 fully saturated rings. The Kier molecular flexibility index (Phi) is 4.66. The van der Waals surface area contributed by atoms with Crippen molar-refractivity contribution in [1.82, 2.24) is 4.90 Å². The zero-order valence-corrected chi connectivity index (χ0v) is 13.6. The molecule has 5 heteroatoms. The number of anilines is 1. The molecule has 0 aromatic heterocycles. The summed E-state index contributed by atoms with van der Waals surface area (Å²) in [4.78, 5) is 16.6. The van der Waals surface area contributed by atoms with Crippen LogP contribution in [-0.4, -0.2) is 44.1 Å². The fourth-order valence-electron chi connectivity index (χ4n) is 2.91. The van der Waals surface area contributed by atoms with Gasteiger partial charge >= 0.3 is 0 Å². The normalized spacial score (nSPS) is 14.2. The number of amides is 1. The molecular weight excluding hydrogens is 302 g/mol. The fraction of sp³-hybridized carbons (Fsp3) is 0.263. The van der Waals surface area contributed by atoms with Crippen LogP contribution in [0.2, 0.25) is 0 Å². The van der Waals surface area contributed by atoms with Gasteiger partial charge in [0.1, 0.15) is 11.8 Å². The lowest BCUT2D eigenvalue weighted by Crippen LogP contribution is -2.49. The number of para-hydroxylation sites is 1. The van der Waals surface area contributed by atoms with Crippen LogP contribution in [0.4, 0.5) is 5.69 Å². The quantitative estimate of drug-likeness (QED) is 0.872. The topological polar surface area (TPSA) is 56.6 Å². The van der Waals surface area contributed by atoms with Crippen LogP contribution in [0.3, 0.4) is 0 Å². The Morgan fingerprint density at radius 1 is 1.04 bits per heavy atom. The summed E-state index contributed by atoms with van der Waals surface area (Å²) in [5.41, 5.74) is 2.28. The van der Waals surface area contributed by atoms with Crippen molar-refractivity contribution < 1.29 is 9.53 Å². The minimum Gasteiger partial charge on any atom is -0.497 e. The lowest BCUT2D eigenvalue weighted by molar-refractivity contribution is 0.0747. The first-order chi connectivity index (χ1) is 11.7. The molecule has 3 rings (SSSR count). The summed E-state index contributed by atoms with van der Waals surface area (Å²) in [5.74, 6) is 0.773. The maximum absolute atomic E-state index is 12.6. The molecule has 1 aliphatic rings. The van der Waals surface area contributed by atoms with Gasteiger partial charge in [0.2, 0.25) is 0 Å². The van der Waals surface area contributed by atoms with Crippen LogP contribution in [0.15, 0.2) is 48.5 Å². The van der Waals surface area contributed by atoms with E-state index in [1.54, 1.807) is 31.4 Å². The van der Waals surface area contributed by atoms with Crippen LogP contribution in [0, 0.1) is 11.3 Å². The standard InChI is InChI=1S/C19H19N3O2/c1-24-17-8-6-15(7-9-17)19(23)22-12-10-21(11-13-22)18-5-3-2-4-16(18)14-20/h2-9H,10-13H2,1H3. The lowest BCUT2D eigenvalue weighted by Gasteiger charge is -2.36. The Labute approximate surface area is 141 Å². The van der Waals surface area contributed by atoms with Gasteiger partial charge in [-0.15, -0.1) is 0 Å². The third-order valence-electron chi connectivity index (χ3n) is 4.27. The van der Waals surface area contributed by atoms with Crippen molar-refractivity contribution in [3.05, 3.63) is 59.7 Å². The molecule has 0 atom stereocenters. The largest absolute Gasteiger partial charge is 0.497 e. The number of hydrogen-bond acceptors (Lipinski definition) is 4. The van der Waals surface area contributed by atoms with E-state index in [4.69, 9.17) is 4.74 Å². The molecule has 5 nitrogen and oxygen atoms in total. The van der Waals surface area contributed by atoms with E-state index in [0.717, 1.165) is 24.5 Å². The van der Waals surface area contributed by atoms with E-state index < -0.39 is 0 Å². The molecule has 0 unspecified atom stereocenters. The molecule has 1 amide bonds. The van der Waals surface area contributed by atoms with Gasteiger partial charge in [-0.2, -0.15) is 5.26 Å². The highest BCUT2D eigenvalue weighted by Crippen LogP contribution is 2.22.